The van der Waals surface area contributed by atoms with Crippen LogP contribution in [0.1, 0.15) is 38.8 Å². The van der Waals surface area contributed by atoms with Crippen LogP contribution in [-0.4, -0.2) is 31.9 Å². The average Bonchev–Trinajstić information content (AvgIpc) is 2.44. The monoisotopic (exact) mass is 285 g/mol. The Balaban J connectivity index is 2.81. The molecule has 4 nitrogen and oxygen atoms in total. The molecule has 1 aromatic carbocycles. The van der Waals surface area contributed by atoms with Crippen molar-refractivity contribution < 1.29 is 13.5 Å². The average molecular weight is 285 g/mol. The molecule has 0 aromatic heterocycles. The van der Waals surface area contributed by atoms with Crippen LogP contribution in [0.3, 0.4) is 0 Å². The third kappa shape index (κ3) is 4.30. The second-order valence-electron chi connectivity index (χ2n) is 4.65. The molecule has 5 heteroatoms. The van der Waals surface area contributed by atoms with Gasteiger partial charge in [-0.3, -0.25) is 0 Å². The zero-order valence-corrected chi connectivity index (χ0v) is 12.6. The summed E-state index contributed by atoms with van der Waals surface area (Å²) >= 11 is 0. The van der Waals surface area contributed by atoms with Gasteiger partial charge in [0.05, 0.1) is 17.3 Å². The molecule has 2 atom stereocenters. The van der Waals surface area contributed by atoms with E-state index in [9.17, 15) is 8.42 Å². The Morgan fingerprint density at radius 3 is 2.21 bits per heavy atom. The first-order chi connectivity index (χ1) is 8.94. The molecule has 0 heterocycles. The van der Waals surface area contributed by atoms with Crippen LogP contribution >= 0.6 is 0 Å². The summed E-state index contributed by atoms with van der Waals surface area (Å²) in [5.74, 6) is 0.114. The van der Waals surface area contributed by atoms with Gasteiger partial charge in [0.1, 0.15) is 0 Å². The first-order valence-corrected chi connectivity index (χ1v) is 8.29. The molecule has 0 saturated carbocycles. The van der Waals surface area contributed by atoms with Crippen LogP contribution in [-0.2, 0) is 9.84 Å². The van der Waals surface area contributed by atoms with Gasteiger partial charge in [0.2, 0.25) is 0 Å². The molecule has 108 valence electrons. The molecule has 0 bridgehead atoms. The summed E-state index contributed by atoms with van der Waals surface area (Å²) in [5.41, 5.74) is 1.02. The molecular formula is C14H23NO3S. The lowest BCUT2D eigenvalue weighted by atomic mass is 10.1. The smallest absolute Gasteiger partial charge is 0.178 e. The quantitative estimate of drug-likeness (QED) is 0.803. The number of benzene rings is 1. The molecular weight excluding hydrogens is 262 g/mol. The number of nitrogens with one attached hydrogen (secondary N) is 1. The summed E-state index contributed by atoms with van der Waals surface area (Å²) in [7, 11) is -3.13. The molecule has 0 amide bonds. The minimum absolute atomic E-state index is 0.0639. The van der Waals surface area contributed by atoms with E-state index in [1.165, 1.54) is 0 Å². The maximum Gasteiger partial charge on any atom is 0.178 e. The van der Waals surface area contributed by atoms with E-state index in [2.05, 4.69) is 5.32 Å². The molecule has 0 fully saturated rings. The highest BCUT2D eigenvalue weighted by molar-refractivity contribution is 7.91. The van der Waals surface area contributed by atoms with Crippen molar-refractivity contribution in [2.45, 2.75) is 44.2 Å². The van der Waals surface area contributed by atoms with Crippen molar-refractivity contribution in [3.8, 4) is 0 Å². The van der Waals surface area contributed by atoms with E-state index < -0.39 is 9.84 Å². The van der Waals surface area contributed by atoms with Crippen molar-refractivity contribution in [1.29, 1.82) is 0 Å². The van der Waals surface area contributed by atoms with Gasteiger partial charge >= 0.3 is 0 Å². The number of hydrogen-bond acceptors (Lipinski definition) is 4. The van der Waals surface area contributed by atoms with E-state index in [0.717, 1.165) is 12.0 Å². The third-order valence-corrected chi connectivity index (χ3v) is 5.07. The van der Waals surface area contributed by atoms with E-state index in [1.54, 1.807) is 19.1 Å². The fraction of sp³-hybridized carbons (Fsp3) is 0.571. The van der Waals surface area contributed by atoms with E-state index in [1.807, 2.05) is 26.0 Å². The zero-order valence-electron chi connectivity index (χ0n) is 11.8. The van der Waals surface area contributed by atoms with Gasteiger partial charge in [0, 0.05) is 12.1 Å². The largest absolute Gasteiger partial charge is 0.395 e. The third-order valence-electron chi connectivity index (χ3n) is 3.32. The van der Waals surface area contributed by atoms with Crippen molar-refractivity contribution in [3.05, 3.63) is 29.8 Å². The van der Waals surface area contributed by atoms with Crippen molar-refractivity contribution in [2.24, 2.45) is 0 Å². The van der Waals surface area contributed by atoms with E-state index in [4.69, 9.17) is 5.11 Å². The van der Waals surface area contributed by atoms with Crippen molar-refractivity contribution in [1.82, 2.24) is 5.32 Å². The molecule has 0 aliphatic heterocycles. The summed E-state index contributed by atoms with van der Waals surface area (Å²) in [6, 6.07) is 7.08. The summed E-state index contributed by atoms with van der Waals surface area (Å²) in [6.45, 7) is 5.75. The van der Waals surface area contributed by atoms with Gasteiger partial charge in [-0.2, -0.15) is 0 Å². The minimum Gasteiger partial charge on any atom is -0.395 e. The van der Waals surface area contributed by atoms with Crippen LogP contribution in [0.15, 0.2) is 29.2 Å². The molecule has 19 heavy (non-hydrogen) atoms. The molecule has 1 rings (SSSR count). The van der Waals surface area contributed by atoms with Crippen LogP contribution in [0.5, 0.6) is 0 Å². The molecule has 1 aromatic rings. The van der Waals surface area contributed by atoms with E-state index in [-0.39, 0.29) is 24.4 Å². The summed E-state index contributed by atoms with van der Waals surface area (Å²) in [5, 5.41) is 12.5. The Hall–Kier alpha value is -0.910. The number of sulfone groups is 1. The second kappa shape index (κ2) is 7.03. The van der Waals surface area contributed by atoms with Crippen LogP contribution in [0, 0.1) is 0 Å². The Labute approximate surface area is 115 Å². The van der Waals surface area contributed by atoms with Gasteiger partial charge in [-0.25, -0.2) is 8.42 Å². The second-order valence-corrected chi connectivity index (χ2v) is 6.93. The van der Waals surface area contributed by atoms with Gasteiger partial charge in [-0.15, -0.1) is 0 Å². The summed E-state index contributed by atoms with van der Waals surface area (Å²) in [6.07, 6.45) is 0.850. The number of rotatable bonds is 7. The molecule has 0 spiro atoms. The molecule has 0 aliphatic rings. The van der Waals surface area contributed by atoms with Gasteiger partial charge in [-0.05, 0) is 31.0 Å². The Bertz CT molecular complexity index is 478. The predicted molar refractivity (Wildman–Crippen MR) is 76.9 cm³/mol. The van der Waals surface area contributed by atoms with Crippen molar-refractivity contribution >= 4 is 9.84 Å². The lowest BCUT2D eigenvalue weighted by Crippen LogP contribution is -2.33. The summed E-state index contributed by atoms with van der Waals surface area (Å²) in [4.78, 5) is 0.361. The lowest BCUT2D eigenvalue weighted by Gasteiger charge is -2.21. The normalized spacial score (nSPS) is 15.2. The fourth-order valence-electron chi connectivity index (χ4n) is 1.88. The SMILES string of the molecule is CCC(CO)NC(C)c1ccc(S(=O)(=O)CC)cc1. The topological polar surface area (TPSA) is 66.4 Å². The van der Waals surface area contributed by atoms with Crippen LogP contribution in [0.25, 0.3) is 0 Å². The maximum atomic E-state index is 11.7. The number of aliphatic hydroxyl groups is 1. The maximum absolute atomic E-state index is 11.7. The van der Waals surface area contributed by atoms with Gasteiger partial charge < -0.3 is 10.4 Å². The van der Waals surface area contributed by atoms with Gasteiger partial charge in [-0.1, -0.05) is 26.0 Å². The minimum atomic E-state index is -3.13. The van der Waals surface area contributed by atoms with Gasteiger partial charge in [0.15, 0.2) is 9.84 Å². The van der Waals surface area contributed by atoms with E-state index in [0.29, 0.717) is 4.90 Å². The zero-order chi connectivity index (χ0) is 14.5. The Morgan fingerprint density at radius 1 is 1.21 bits per heavy atom. The fourth-order valence-corrected chi connectivity index (χ4v) is 2.76. The van der Waals surface area contributed by atoms with Crippen LogP contribution < -0.4 is 5.32 Å². The van der Waals surface area contributed by atoms with E-state index >= 15 is 0 Å². The molecule has 0 saturated heterocycles. The highest BCUT2D eigenvalue weighted by atomic mass is 32.2. The van der Waals surface area contributed by atoms with Crippen molar-refractivity contribution in [2.75, 3.05) is 12.4 Å². The van der Waals surface area contributed by atoms with Crippen LogP contribution in [0.4, 0.5) is 0 Å². The molecule has 2 unspecified atom stereocenters. The lowest BCUT2D eigenvalue weighted by molar-refractivity contribution is 0.230. The highest BCUT2D eigenvalue weighted by Crippen LogP contribution is 2.17. The first kappa shape index (κ1) is 16.1. The molecule has 0 aliphatic carbocycles. The molecule has 2 N–H and O–H groups in total. The standard InChI is InChI=1S/C14H23NO3S/c1-4-13(10-16)15-11(3)12-6-8-14(9-7-12)19(17,18)5-2/h6-9,11,13,15-16H,4-5,10H2,1-3H3. The Morgan fingerprint density at radius 2 is 1.79 bits per heavy atom. The Kier molecular flexibility index (Phi) is 5.97. The summed E-state index contributed by atoms with van der Waals surface area (Å²) < 4.78 is 23.4. The first-order valence-electron chi connectivity index (χ1n) is 6.64. The van der Waals surface area contributed by atoms with Crippen molar-refractivity contribution in [3.63, 3.8) is 0 Å². The number of hydrogen-bond donors (Lipinski definition) is 2. The van der Waals surface area contributed by atoms with Gasteiger partial charge in [0.25, 0.3) is 0 Å². The van der Waals surface area contributed by atoms with Crippen LogP contribution in [0.2, 0.25) is 0 Å². The highest BCUT2D eigenvalue weighted by Gasteiger charge is 2.14. The predicted octanol–water partition coefficient (Wildman–Crippen LogP) is 1.90. The number of aliphatic hydroxyl groups excluding tert-OH is 1. The molecule has 0 radical (unpaired) electrons.